The van der Waals surface area contributed by atoms with Crippen molar-refractivity contribution in [3.8, 4) is 6.07 Å². The van der Waals surface area contributed by atoms with E-state index < -0.39 is 5.91 Å². The summed E-state index contributed by atoms with van der Waals surface area (Å²) in [7, 11) is 0. The topological polar surface area (TPSA) is 86.9 Å². The van der Waals surface area contributed by atoms with Crippen molar-refractivity contribution in [1.29, 1.82) is 5.26 Å². The molecule has 0 atom stereocenters. The van der Waals surface area contributed by atoms with Gasteiger partial charge in [-0.05, 0) is 68.3 Å². The lowest BCUT2D eigenvalue weighted by Gasteiger charge is -2.11. The molecular weight excluding hydrogens is 412 g/mol. The first-order chi connectivity index (χ1) is 14.8. The number of benzene rings is 2. The van der Waals surface area contributed by atoms with Crippen molar-refractivity contribution in [3.05, 3.63) is 93.3 Å². The number of nitrogens with zero attached hydrogens (tertiary/aromatic N) is 2. The van der Waals surface area contributed by atoms with Gasteiger partial charge in [0.25, 0.3) is 11.8 Å². The molecule has 0 radical (unpaired) electrons. The normalized spacial score (nSPS) is 11.0. The Morgan fingerprint density at radius 3 is 2.45 bits per heavy atom. The van der Waals surface area contributed by atoms with Crippen LogP contribution in [0, 0.1) is 32.1 Å². The minimum atomic E-state index is -0.536. The van der Waals surface area contributed by atoms with Gasteiger partial charge >= 0.3 is 0 Å². The van der Waals surface area contributed by atoms with Crippen molar-refractivity contribution in [2.24, 2.45) is 0 Å². The maximum Gasteiger partial charge on any atom is 0.270 e. The number of hydrogen-bond donors (Lipinski definition) is 2. The number of aryl methyl sites for hydroxylation is 1. The summed E-state index contributed by atoms with van der Waals surface area (Å²) in [5, 5.41) is 12.8. The number of halogens is 1. The van der Waals surface area contributed by atoms with Crippen LogP contribution in [-0.4, -0.2) is 16.5 Å². The Morgan fingerprint density at radius 2 is 1.77 bits per heavy atom. The SMILES string of the molecule is Cc1c(Cl)cccc1NC(=O)/C(C#N)=C\c1cc(C)n(NC(=O)c2ccccc2)c1C. The molecule has 7 heteroatoms. The molecule has 0 fully saturated rings. The first-order valence-electron chi connectivity index (χ1n) is 9.55. The maximum atomic E-state index is 12.7. The smallest absolute Gasteiger partial charge is 0.270 e. The van der Waals surface area contributed by atoms with Gasteiger partial charge in [0.1, 0.15) is 11.6 Å². The number of hydrogen-bond acceptors (Lipinski definition) is 3. The van der Waals surface area contributed by atoms with Crippen molar-refractivity contribution in [1.82, 2.24) is 4.68 Å². The van der Waals surface area contributed by atoms with Crippen molar-refractivity contribution < 1.29 is 9.59 Å². The third-order valence-electron chi connectivity index (χ3n) is 4.90. The van der Waals surface area contributed by atoms with E-state index in [4.69, 9.17) is 11.6 Å². The summed E-state index contributed by atoms with van der Waals surface area (Å²) in [6.45, 7) is 5.42. The average molecular weight is 433 g/mol. The molecule has 1 heterocycles. The van der Waals surface area contributed by atoms with Crippen LogP contribution in [0.4, 0.5) is 5.69 Å². The first kappa shape index (κ1) is 21.9. The average Bonchev–Trinajstić information content (AvgIpc) is 3.03. The molecule has 0 saturated carbocycles. The van der Waals surface area contributed by atoms with Gasteiger partial charge in [0.15, 0.2) is 0 Å². The van der Waals surface area contributed by atoms with Gasteiger partial charge in [-0.1, -0.05) is 35.9 Å². The molecule has 0 bridgehead atoms. The highest BCUT2D eigenvalue weighted by atomic mass is 35.5. The predicted molar refractivity (Wildman–Crippen MR) is 122 cm³/mol. The Morgan fingerprint density at radius 1 is 1.06 bits per heavy atom. The predicted octanol–water partition coefficient (Wildman–Crippen LogP) is 5.00. The monoisotopic (exact) mass is 432 g/mol. The molecule has 3 aromatic rings. The van der Waals surface area contributed by atoms with Gasteiger partial charge in [-0.25, -0.2) is 0 Å². The Kier molecular flexibility index (Phi) is 6.58. The second-order valence-electron chi connectivity index (χ2n) is 7.01. The van der Waals surface area contributed by atoms with Gasteiger partial charge in [0.2, 0.25) is 0 Å². The molecule has 0 aliphatic heterocycles. The summed E-state index contributed by atoms with van der Waals surface area (Å²) < 4.78 is 1.63. The minimum absolute atomic E-state index is 0.0611. The number of anilines is 1. The van der Waals surface area contributed by atoms with Crippen LogP contribution in [0.3, 0.4) is 0 Å². The molecule has 156 valence electrons. The van der Waals surface area contributed by atoms with Crippen LogP contribution in [0.1, 0.15) is 32.9 Å². The fourth-order valence-corrected chi connectivity index (χ4v) is 3.27. The summed E-state index contributed by atoms with van der Waals surface area (Å²) in [5.41, 5.74) is 6.68. The Hall–Kier alpha value is -3.82. The van der Waals surface area contributed by atoms with E-state index in [-0.39, 0.29) is 11.5 Å². The van der Waals surface area contributed by atoms with Crippen LogP contribution in [0.2, 0.25) is 5.02 Å². The fraction of sp³-hybridized carbons (Fsp3) is 0.125. The van der Waals surface area contributed by atoms with Gasteiger partial charge in [0.05, 0.1) is 0 Å². The highest BCUT2D eigenvalue weighted by molar-refractivity contribution is 6.31. The van der Waals surface area contributed by atoms with Crippen molar-refractivity contribution in [2.75, 3.05) is 10.7 Å². The molecule has 2 amide bonds. The third-order valence-corrected chi connectivity index (χ3v) is 5.31. The van der Waals surface area contributed by atoms with E-state index >= 15 is 0 Å². The Labute approximate surface area is 185 Å². The van der Waals surface area contributed by atoms with Crippen LogP contribution in [0.15, 0.2) is 60.2 Å². The molecule has 3 rings (SSSR count). The second kappa shape index (κ2) is 9.33. The highest BCUT2D eigenvalue weighted by Crippen LogP contribution is 2.24. The van der Waals surface area contributed by atoms with Gasteiger partial charge in [-0.2, -0.15) is 5.26 Å². The highest BCUT2D eigenvalue weighted by Gasteiger charge is 2.16. The number of carbonyl (C=O) groups is 2. The van der Waals surface area contributed by atoms with E-state index in [1.165, 1.54) is 6.08 Å². The largest absolute Gasteiger partial charge is 0.321 e. The number of nitrogens with one attached hydrogen (secondary N) is 2. The molecule has 2 N–H and O–H groups in total. The number of aromatic nitrogens is 1. The molecule has 0 aliphatic carbocycles. The zero-order chi connectivity index (χ0) is 22.5. The van der Waals surface area contributed by atoms with Crippen molar-refractivity contribution in [3.63, 3.8) is 0 Å². The van der Waals surface area contributed by atoms with E-state index in [9.17, 15) is 14.9 Å². The fourth-order valence-electron chi connectivity index (χ4n) is 3.10. The Balaban J connectivity index is 1.85. The van der Waals surface area contributed by atoms with Gasteiger partial charge in [0, 0.05) is 27.7 Å². The van der Waals surface area contributed by atoms with E-state index in [1.54, 1.807) is 67.1 Å². The molecule has 0 aliphatic rings. The number of nitriles is 1. The lowest BCUT2D eigenvalue weighted by Crippen LogP contribution is -2.24. The second-order valence-corrected chi connectivity index (χ2v) is 7.41. The van der Waals surface area contributed by atoms with Crippen LogP contribution in [0.5, 0.6) is 0 Å². The van der Waals surface area contributed by atoms with Gasteiger partial charge in [-0.3, -0.25) is 19.7 Å². The molecular formula is C24H21ClN4O2. The molecule has 0 spiro atoms. The van der Waals surface area contributed by atoms with E-state index in [0.717, 1.165) is 11.3 Å². The summed E-state index contributed by atoms with van der Waals surface area (Å²) >= 11 is 6.10. The summed E-state index contributed by atoms with van der Waals surface area (Å²) in [6.07, 6.45) is 1.50. The first-order valence-corrected chi connectivity index (χ1v) is 9.93. The molecule has 6 nitrogen and oxygen atoms in total. The van der Waals surface area contributed by atoms with Crippen molar-refractivity contribution in [2.45, 2.75) is 20.8 Å². The van der Waals surface area contributed by atoms with Crippen LogP contribution >= 0.6 is 11.6 Å². The Bertz CT molecular complexity index is 1220. The van der Waals surface area contributed by atoms with Gasteiger partial charge < -0.3 is 5.32 Å². The molecule has 0 unspecified atom stereocenters. The van der Waals surface area contributed by atoms with Crippen LogP contribution in [-0.2, 0) is 4.79 Å². The number of carbonyl (C=O) groups excluding carboxylic acids is 2. The standard InChI is InChI=1S/C24H21ClN4O2/c1-15-12-19(17(3)29(15)28-24(31)18-8-5-4-6-9-18)13-20(14-26)23(30)27-22-11-7-10-21(25)16(22)2/h4-13H,1-3H3,(H,27,30)(H,28,31)/b20-13-. The van der Waals surface area contributed by atoms with Crippen LogP contribution < -0.4 is 10.7 Å². The van der Waals surface area contributed by atoms with Gasteiger partial charge in [-0.15, -0.1) is 0 Å². The minimum Gasteiger partial charge on any atom is -0.321 e. The third kappa shape index (κ3) is 4.85. The molecule has 1 aromatic heterocycles. The lowest BCUT2D eigenvalue weighted by molar-refractivity contribution is -0.112. The number of amides is 2. The molecule has 0 saturated heterocycles. The zero-order valence-electron chi connectivity index (χ0n) is 17.4. The molecule has 2 aromatic carbocycles. The summed E-state index contributed by atoms with van der Waals surface area (Å²) in [4.78, 5) is 25.2. The lowest BCUT2D eigenvalue weighted by atomic mass is 10.1. The summed E-state index contributed by atoms with van der Waals surface area (Å²) in [6, 6.07) is 17.8. The van der Waals surface area contributed by atoms with E-state index in [1.807, 2.05) is 19.1 Å². The number of rotatable bonds is 5. The summed E-state index contributed by atoms with van der Waals surface area (Å²) in [5.74, 6) is -0.793. The van der Waals surface area contributed by atoms with Crippen LogP contribution in [0.25, 0.3) is 6.08 Å². The quantitative estimate of drug-likeness (QED) is 0.439. The maximum absolute atomic E-state index is 12.7. The molecule has 31 heavy (non-hydrogen) atoms. The zero-order valence-corrected chi connectivity index (χ0v) is 18.1. The van der Waals surface area contributed by atoms with E-state index in [0.29, 0.717) is 27.5 Å². The van der Waals surface area contributed by atoms with Crippen molar-refractivity contribution >= 4 is 35.2 Å². The van der Waals surface area contributed by atoms with E-state index in [2.05, 4.69) is 10.7 Å².